The molecular formula is C19H18ClF3N2O3S. The van der Waals surface area contributed by atoms with Crippen molar-refractivity contribution in [1.82, 2.24) is 9.62 Å². The number of nitrogens with one attached hydrogen (secondary N) is 1. The Morgan fingerprint density at radius 2 is 1.69 bits per heavy atom. The predicted octanol–water partition coefficient (Wildman–Crippen LogP) is 3.46. The van der Waals surface area contributed by atoms with Crippen molar-refractivity contribution in [2.24, 2.45) is 11.8 Å². The number of likely N-dealkylation sites (tertiary alicyclic amines) is 1. The number of benzene rings is 2. The highest BCUT2D eigenvalue weighted by Crippen LogP contribution is 2.38. The summed E-state index contributed by atoms with van der Waals surface area (Å²) in [6.45, 7) is -0.361. The highest BCUT2D eigenvalue weighted by molar-refractivity contribution is 7.90. The van der Waals surface area contributed by atoms with Gasteiger partial charge >= 0.3 is 6.18 Å². The minimum Gasteiger partial charge on any atom is -0.298 e. The van der Waals surface area contributed by atoms with Gasteiger partial charge in [-0.25, -0.2) is 13.1 Å². The summed E-state index contributed by atoms with van der Waals surface area (Å²) in [7, 11) is -4.39. The molecule has 1 aliphatic rings. The zero-order valence-electron chi connectivity index (χ0n) is 15.1. The fourth-order valence-electron chi connectivity index (χ4n) is 3.38. The van der Waals surface area contributed by atoms with E-state index in [0.29, 0.717) is 0 Å². The molecule has 1 saturated heterocycles. The van der Waals surface area contributed by atoms with E-state index in [9.17, 15) is 26.4 Å². The second-order valence-electron chi connectivity index (χ2n) is 6.83. The number of sulfonamides is 1. The highest BCUT2D eigenvalue weighted by Gasteiger charge is 2.52. The van der Waals surface area contributed by atoms with Gasteiger partial charge in [0, 0.05) is 19.6 Å². The summed E-state index contributed by atoms with van der Waals surface area (Å²) in [6, 6.07) is 14.3. The van der Waals surface area contributed by atoms with Gasteiger partial charge in [-0.05, 0) is 17.7 Å². The van der Waals surface area contributed by atoms with Crippen LogP contribution in [-0.2, 0) is 21.4 Å². The smallest absolute Gasteiger partial charge is 0.298 e. The van der Waals surface area contributed by atoms with E-state index >= 15 is 0 Å². The molecule has 2 atom stereocenters. The van der Waals surface area contributed by atoms with Crippen molar-refractivity contribution in [2.45, 2.75) is 17.6 Å². The third kappa shape index (κ3) is 5.09. The van der Waals surface area contributed by atoms with Crippen LogP contribution >= 0.6 is 11.6 Å². The Hall–Kier alpha value is -2.10. The van der Waals surface area contributed by atoms with Crippen LogP contribution in [0.3, 0.4) is 0 Å². The lowest BCUT2D eigenvalue weighted by atomic mass is 9.95. The molecule has 156 valence electrons. The standard InChI is InChI=1S/C19H18ClF3N2O3S/c20-16-8-4-5-9-17(16)29(27,28)24-18(26)14-11-25(12-15(14)19(21,22)23)10-13-6-2-1-3-7-13/h1-9,14-15H,10-12H2,(H,24,26)/t14-,15-/m1/s1. The van der Waals surface area contributed by atoms with E-state index in [1.54, 1.807) is 35.1 Å². The summed E-state index contributed by atoms with van der Waals surface area (Å²) in [5.41, 5.74) is 0.804. The van der Waals surface area contributed by atoms with E-state index < -0.39 is 33.9 Å². The Bertz CT molecular complexity index is 984. The molecule has 5 nitrogen and oxygen atoms in total. The number of amides is 1. The van der Waals surface area contributed by atoms with Crippen molar-refractivity contribution in [3.8, 4) is 0 Å². The number of nitrogens with zero attached hydrogens (tertiary/aromatic N) is 1. The highest BCUT2D eigenvalue weighted by atomic mass is 35.5. The van der Waals surface area contributed by atoms with E-state index in [-0.39, 0.29) is 29.6 Å². The molecule has 0 spiro atoms. The van der Waals surface area contributed by atoms with Crippen LogP contribution in [0.2, 0.25) is 5.02 Å². The molecular weight excluding hydrogens is 429 g/mol. The molecule has 1 amide bonds. The molecule has 1 fully saturated rings. The molecule has 2 aromatic rings. The third-order valence-corrected chi connectivity index (χ3v) is 6.61. The van der Waals surface area contributed by atoms with Crippen LogP contribution in [0.15, 0.2) is 59.5 Å². The largest absolute Gasteiger partial charge is 0.393 e. The number of hydrogen-bond acceptors (Lipinski definition) is 4. The van der Waals surface area contributed by atoms with Crippen LogP contribution in [0.4, 0.5) is 13.2 Å². The van der Waals surface area contributed by atoms with Crippen molar-refractivity contribution in [2.75, 3.05) is 13.1 Å². The molecule has 0 radical (unpaired) electrons. The van der Waals surface area contributed by atoms with Crippen molar-refractivity contribution in [3.05, 3.63) is 65.2 Å². The van der Waals surface area contributed by atoms with E-state index in [0.717, 1.165) is 5.56 Å². The molecule has 1 N–H and O–H groups in total. The molecule has 3 rings (SSSR count). The maximum atomic E-state index is 13.5. The van der Waals surface area contributed by atoms with E-state index in [4.69, 9.17) is 11.6 Å². The second-order valence-corrected chi connectivity index (χ2v) is 8.89. The van der Waals surface area contributed by atoms with Crippen molar-refractivity contribution in [3.63, 3.8) is 0 Å². The summed E-state index contributed by atoms with van der Waals surface area (Å²) >= 11 is 5.85. The molecule has 1 aliphatic heterocycles. The van der Waals surface area contributed by atoms with Gasteiger partial charge in [0.25, 0.3) is 10.0 Å². The Labute approximate surface area is 171 Å². The fraction of sp³-hybridized carbons (Fsp3) is 0.316. The lowest BCUT2D eigenvalue weighted by Gasteiger charge is -2.20. The molecule has 29 heavy (non-hydrogen) atoms. The Balaban J connectivity index is 1.79. The summed E-state index contributed by atoms with van der Waals surface area (Å²) < 4.78 is 67.2. The summed E-state index contributed by atoms with van der Waals surface area (Å²) in [6.07, 6.45) is -4.64. The minimum absolute atomic E-state index is 0.128. The summed E-state index contributed by atoms with van der Waals surface area (Å²) in [5.74, 6) is -4.70. The topological polar surface area (TPSA) is 66.5 Å². The maximum absolute atomic E-state index is 13.5. The van der Waals surface area contributed by atoms with Crippen LogP contribution < -0.4 is 4.72 Å². The first-order valence-corrected chi connectivity index (χ1v) is 10.6. The first-order valence-electron chi connectivity index (χ1n) is 8.72. The van der Waals surface area contributed by atoms with Gasteiger partial charge in [-0.1, -0.05) is 54.1 Å². The SMILES string of the molecule is O=C(NS(=O)(=O)c1ccccc1Cl)[C@@H]1CN(Cc2ccccc2)C[C@H]1C(F)(F)F. The van der Waals surface area contributed by atoms with Gasteiger partial charge in [-0.2, -0.15) is 13.2 Å². The lowest BCUT2D eigenvalue weighted by molar-refractivity contribution is -0.183. The lowest BCUT2D eigenvalue weighted by Crippen LogP contribution is -2.42. The summed E-state index contributed by atoms with van der Waals surface area (Å²) in [5, 5.41) is -0.128. The normalized spacial score (nSPS) is 20.6. The number of alkyl halides is 3. The van der Waals surface area contributed by atoms with E-state index in [1.165, 1.54) is 29.2 Å². The van der Waals surface area contributed by atoms with Crippen LogP contribution in [0.1, 0.15) is 5.56 Å². The third-order valence-electron chi connectivity index (χ3n) is 4.76. The quantitative estimate of drug-likeness (QED) is 0.764. The summed E-state index contributed by atoms with van der Waals surface area (Å²) in [4.78, 5) is 13.7. The molecule has 1 heterocycles. The van der Waals surface area contributed by atoms with Gasteiger partial charge in [0.1, 0.15) is 4.90 Å². The van der Waals surface area contributed by atoms with Crippen molar-refractivity contribution < 1.29 is 26.4 Å². The average Bonchev–Trinajstić information content (AvgIpc) is 3.07. The van der Waals surface area contributed by atoms with Crippen molar-refractivity contribution in [1.29, 1.82) is 0 Å². The number of halogens is 4. The number of hydrogen-bond donors (Lipinski definition) is 1. The average molecular weight is 447 g/mol. The van der Waals surface area contributed by atoms with Crippen LogP contribution in [0, 0.1) is 11.8 Å². The van der Waals surface area contributed by atoms with Gasteiger partial charge in [0.05, 0.1) is 16.9 Å². The Morgan fingerprint density at radius 3 is 2.31 bits per heavy atom. The van der Waals surface area contributed by atoms with Gasteiger partial charge in [-0.3, -0.25) is 9.69 Å². The van der Waals surface area contributed by atoms with Crippen molar-refractivity contribution >= 4 is 27.5 Å². The molecule has 0 unspecified atom stereocenters. The molecule has 0 bridgehead atoms. The Kier molecular flexibility index (Phi) is 6.21. The van der Waals surface area contributed by atoms with Crippen LogP contribution in [0.25, 0.3) is 0 Å². The number of carbonyl (C=O) groups is 1. The number of rotatable bonds is 5. The van der Waals surface area contributed by atoms with Crippen LogP contribution in [-0.4, -0.2) is 38.5 Å². The predicted molar refractivity (Wildman–Crippen MR) is 102 cm³/mol. The van der Waals surface area contributed by atoms with Gasteiger partial charge < -0.3 is 0 Å². The van der Waals surface area contributed by atoms with E-state index in [1.807, 2.05) is 0 Å². The zero-order chi connectivity index (χ0) is 21.2. The first kappa shape index (κ1) is 21.6. The molecule has 0 aliphatic carbocycles. The molecule has 2 aromatic carbocycles. The monoisotopic (exact) mass is 446 g/mol. The van der Waals surface area contributed by atoms with Gasteiger partial charge in [0.15, 0.2) is 0 Å². The molecule has 0 aromatic heterocycles. The molecule has 10 heteroatoms. The minimum atomic E-state index is -4.64. The van der Waals surface area contributed by atoms with Gasteiger partial charge in [-0.15, -0.1) is 0 Å². The van der Waals surface area contributed by atoms with Crippen LogP contribution in [0.5, 0.6) is 0 Å². The fourth-order valence-corrected chi connectivity index (χ4v) is 4.93. The maximum Gasteiger partial charge on any atom is 0.393 e. The first-order chi connectivity index (χ1) is 13.6. The number of carbonyl (C=O) groups excluding carboxylic acids is 1. The zero-order valence-corrected chi connectivity index (χ0v) is 16.6. The Morgan fingerprint density at radius 1 is 1.07 bits per heavy atom. The van der Waals surface area contributed by atoms with E-state index in [2.05, 4.69) is 0 Å². The second kappa shape index (κ2) is 8.33. The van der Waals surface area contributed by atoms with Gasteiger partial charge in [0.2, 0.25) is 5.91 Å². The molecule has 0 saturated carbocycles.